The summed E-state index contributed by atoms with van der Waals surface area (Å²) >= 11 is 5.83. The molecular weight excluding hydrogens is 220 g/mol. The largest absolute Gasteiger partial charge is 0.357 e. The van der Waals surface area contributed by atoms with E-state index in [9.17, 15) is 0 Å². The summed E-state index contributed by atoms with van der Waals surface area (Å²) in [4.78, 5) is 6.90. The number of alkyl halides is 1. The van der Waals surface area contributed by atoms with E-state index in [-0.39, 0.29) is 0 Å². The van der Waals surface area contributed by atoms with Crippen LogP contribution in [-0.4, -0.2) is 18.1 Å². The average Bonchev–Trinajstić information content (AvgIpc) is 3.11. The molecule has 0 aromatic carbocycles. The van der Waals surface area contributed by atoms with Crippen LogP contribution in [0.3, 0.4) is 0 Å². The number of halogens is 1. The van der Waals surface area contributed by atoms with Gasteiger partial charge in [-0.15, -0.1) is 11.6 Å². The van der Waals surface area contributed by atoms with E-state index in [1.807, 2.05) is 6.92 Å². The van der Waals surface area contributed by atoms with Crippen molar-refractivity contribution in [3.8, 4) is 0 Å². The van der Waals surface area contributed by atoms with Gasteiger partial charge in [0.25, 0.3) is 0 Å². The van der Waals surface area contributed by atoms with Crippen molar-refractivity contribution < 1.29 is 0 Å². The number of aromatic nitrogens is 1. The van der Waals surface area contributed by atoms with Gasteiger partial charge in [-0.25, -0.2) is 4.98 Å². The van der Waals surface area contributed by atoms with Crippen molar-refractivity contribution in [2.24, 2.45) is 5.92 Å². The molecule has 1 fully saturated rings. The van der Waals surface area contributed by atoms with E-state index in [4.69, 9.17) is 11.6 Å². The van der Waals surface area contributed by atoms with E-state index in [1.54, 1.807) is 0 Å². The van der Waals surface area contributed by atoms with Gasteiger partial charge in [0.1, 0.15) is 5.82 Å². The standard InChI is InChI=1S/C13H19ClN2/c1-9-12(8-14)6-7-13(15-9)16(3)10(2)11-4-5-11/h6-7,10-11H,4-5,8H2,1-3H3. The SMILES string of the molecule is Cc1nc(N(C)C(C)C2CC2)ccc1CCl. The van der Waals surface area contributed by atoms with Crippen LogP contribution in [-0.2, 0) is 5.88 Å². The smallest absolute Gasteiger partial charge is 0.128 e. The predicted octanol–water partition coefficient (Wildman–Crippen LogP) is 3.36. The average molecular weight is 239 g/mol. The van der Waals surface area contributed by atoms with Gasteiger partial charge in [0.05, 0.1) is 0 Å². The van der Waals surface area contributed by atoms with Crippen molar-refractivity contribution in [2.75, 3.05) is 11.9 Å². The molecule has 2 nitrogen and oxygen atoms in total. The second-order valence-corrected chi connectivity index (χ2v) is 5.00. The highest BCUT2D eigenvalue weighted by Gasteiger charge is 2.31. The third-order valence-electron chi connectivity index (χ3n) is 3.60. The van der Waals surface area contributed by atoms with E-state index in [0.29, 0.717) is 11.9 Å². The molecule has 1 saturated carbocycles. The maximum Gasteiger partial charge on any atom is 0.128 e. The molecule has 1 aromatic heterocycles. The van der Waals surface area contributed by atoms with Gasteiger partial charge in [0, 0.05) is 24.7 Å². The highest BCUT2D eigenvalue weighted by atomic mass is 35.5. The van der Waals surface area contributed by atoms with Crippen LogP contribution in [0.1, 0.15) is 31.0 Å². The Hall–Kier alpha value is -0.760. The van der Waals surface area contributed by atoms with Crippen molar-refractivity contribution in [1.29, 1.82) is 0 Å². The quantitative estimate of drug-likeness (QED) is 0.748. The summed E-state index contributed by atoms with van der Waals surface area (Å²) < 4.78 is 0. The van der Waals surface area contributed by atoms with Gasteiger partial charge < -0.3 is 4.90 Å². The molecule has 16 heavy (non-hydrogen) atoms. The van der Waals surface area contributed by atoms with Gasteiger partial charge in [-0.3, -0.25) is 0 Å². The Bertz CT molecular complexity index is 374. The molecule has 0 N–H and O–H groups in total. The lowest BCUT2D eigenvalue weighted by Crippen LogP contribution is -2.31. The van der Waals surface area contributed by atoms with E-state index in [1.165, 1.54) is 12.8 Å². The lowest BCUT2D eigenvalue weighted by molar-refractivity contribution is 0.603. The lowest BCUT2D eigenvalue weighted by atomic mass is 10.2. The van der Waals surface area contributed by atoms with Gasteiger partial charge in [0.2, 0.25) is 0 Å². The van der Waals surface area contributed by atoms with E-state index in [2.05, 4.69) is 36.0 Å². The zero-order valence-corrected chi connectivity index (χ0v) is 11.0. The highest BCUT2D eigenvalue weighted by Crippen LogP contribution is 2.35. The Morgan fingerprint density at radius 1 is 1.50 bits per heavy atom. The molecule has 0 radical (unpaired) electrons. The number of pyridine rings is 1. The van der Waals surface area contributed by atoms with Gasteiger partial charge >= 0.3 is 0 Å². The van der Waals surface area contributed by atoms with Crippen molar-refractivity contribution in [1.82, 2.24) is 4.98 Å². The van der Waals surface area contributed by atoms with E-state index >= 15 is 0 Å². The normalized spacial score (nSPS) is 17.2. The van der Waals surface area contributed by atoms with Crippen molar-refractivity contribution >= 4 is 17.4 Å². The second-order valence-electron chi connectivity index (χ2n) is 4.74. The molecule has 1 aromatic rings. The summed E-state index contributed by atoms with van der Waals surface area (Å²) in [5.74, 6) is 2.46. The fourth-order valence-electron chi connectivity index (χ4n) is 2.02. The Morgan fingerprint density at radius 2 is 2.19 bits per heavy atom. The summed E-state index contributed by atoms with van der Waals surface area (Å²) in [6.07, 6.45) is 2.73. The third kappa shape index (κ3) is 2.32. The fraction of sp³-hybridized carbons (Fsp3) is 0.615. The van der Waals surface area contributed by atoms with Gasteiger partial charge in [-0.1, -0.05) is 6.07 Å². The molecule has 1 unspecified atom stereocenters. The zero-order chi connectivity index (χ0) is 11.7. The summed E-state index contributed by atoms with van der Waals surface area (Å²) in [5, 5.41) is 0. The van der Waals surface area contributed by atoms with Crippen LogP contribution in [0.5, 0.6) is 0 Å². The second kappa shape index (κ2) is 4.62. The van der Waals surface area contributed by atoms with E-state index < -0.39 is 0 Å². The number of anilines is 1. The summed E-state index contributed by atoms with van der Waals surface area (Å²) in [6.45, 7) is 4.31. The highest BCUT2D eigenvalue weighted by molar-refractivity contribution is 6.17. The minimum atomic E-state index is 0.543. The first-order valence-corrected chi connectivity index (χ1v) is 6.42. The monoisotopic (exact) mass is 238 g/mol. The summed E-state index contributed by atoms with van der Waals surface area (Å²) in [7, 11) is 2.13. The summed E-state index contributed by atoms with van der Waals surface area (Å²) in [5.41, 5.74) is 2.17. The van der Waals surface area contributed by atoms with E-state index in [0.717, 1.165) is 23.0 Å². The Kier molecular flexibility index (Phi) is 3.38. The van der Waals surface area contributed by atoms with Crippen LogP contribution < -0.4 is 4.90 Å². The zero-order valence-electron chi connectivity index (χ0n) is 10.2. The van der Waals surface area contributed by atoms with Crippen LogP contribution in [0.4, 0.5) is 5.82 Å². The molecule has 3 heteroatoms. The molecule has 0 saturated heterocycles. The molecule has 1 aliphatic rings. The number of aryl methyl sites for hydroxylation is 1. The molecule has 88 valence electrons. The van der Waals surface area contributed by atoms with Gasteiger partial charge in [-0.2, -0.15) is 0 Å². The first-order valence-electron chi connectivity index (χ1n) is 5.88. The van der Waals surface area contributed by atoms with Crippen LogP contribution >= 0.6 is 11.6 Å². The Balaban J connectivity index is 2.16. The summed E-state index contributed by atoms with van der Waals surface area (Å²) in [6, 6.07) is 4.75. The lowest BCUT2D eigenvalue weighted by Gasteiger charge is -2.26. The fourth-order valence-corrected chi connectivity index (χ4v) is 2.30. The minimum Gasteiger partial charge on any atom is -0.357 e. The Morgan fingerprint density at radius 3 is 2.69 bits per heavy atom. The van der Waals surface area contributed by atoms with Crippen LogP contribution in [0.2, 0.25) is 0 Å². The molecular formula is C13H19ClN2. The minimum absolute atomic E-state index is 0.543. The molecule has 0 aliphatic heterocycles. The molecule has 0 bridgehead atoms. The molecule has 1 aliphatic carbocycles. The predicted molar refractivity (Wildman–Crippen MR) is 69.1 cm³/mol. The maximum absolute atomic E-state index is 5.83. The van der Waals surface area contributed by atoms with Crippen molar-refractivity contribution in [3.63, 3.8) is 0 Å². The van der Waals surface area contributed by atoms with Gasteiger partial charge in [0.15, 0.2) is 0 Å². The van der Waals surface area contributed by atoms with Crippen LogP contribution in [0.25, 0.3) is 0 Å². The molecule has 0 amide bonds. The first kappa shape index (κ1) is 11.7. The van der Waals surface area contributed by atoms with Crippen LogP contribution in [0.15, 0.2) is 12.1 Å². The van der Waals surface area contributed by atoms with Crippen molar-refractivity contribution in [3.05, 3.63) is 23.4 Å². The van der Waals surface area contributed by atoms with Crippen LogP contribution in [0, 0.1) is 12.8 Å². The first-order chi connectivity index (χ1) is 7.63. The molecule has 1 heterocycles. The number of hydrogen-bond acceptors (Lipinski definition) is 2. The topological polar surface area (TPSA) is 16.1 Å². The molecule has 1 atom stereocenters. The molecule has 2 rings (SSSR count). The number of rotatable bonds is 4. The van der Waals surface area contributed by atoms with Gasteiger partial charge in [-0.05, 0) is 44.2 Å². The maximum atomic E-state index is 5.83. The molecule has 0 spiro atoms. The number of hydrogen-bond donors (Lipinski definition) is 0. The third-order valence-corrected chi connectivity index (χ3v) is 3.89. The Labute approximate surface area is 103 Å². The van der Waals surface area contributed by atoms with Crippen molar-refractivity contribution in [2.45, 2.75) is 38.6 Å². The number of nitrogens with zero attached hydrogens (tertiary/aromatic N) is 2.